The van der Waals surface area contributed by atoms with Crippen LogP contribution in [0.4, 0.5) is 0 Å². The van der Waals surface area contributed by atoms with E-state index in [1.54, 1.807) is 0 Å². The molecule has 108 valence electrons. The van der Waals surface area contributed by atoms with Crippen LogP contribution in [-0.2, 0) is 6.42 Å². The van der Waals surface area contributed by atoms with Crippen molar-refractivity contribution in [1.29, 1.82) is 0 Å². The van der Waals surface area contributed by atoms with Crippen LogP contribution in [0.1, 0.15) is 22.7 Å². The van der Waals surface area contributed by atoms with Crippen LogP contribution in [0.2, 0.25) is 0 Å². The predicted octanol–water partition coefficient (Wildman–Crippen LogP) is 2.44. The van der Waals surface area contributed by atoms with Crippen molar-refractivity contribution in [2.45, 2.75) is 12.5 Å². The normalized spacial score (nSPS) is 17.0. The van der Waals surface area contributed by atoms with Crippen LogP contribution in [0.25, 0.3) is 0 Å². The molecule has 2 N–H and O–H groups in total. The lowest BCUT2D eigenvalue weighted by Crippen LogP contribution is -2.17. The van der Waals surface area contributed by atoms with Crippen molar-refractivity contribution >= 4 is 0 Å². The molecule has 2 aromatic carbocycles. The highest BCUT2D eigenvalue weighted by atomic mass is 16.6. The molecule has 0 amide bonds. The number of hydrogen-bond donors (Lipinski definition) is 1. The molecule has 1 unspecified atom stereocenters. The highest BCUT2D eigenvalue weighted by Crippen LogP contribution is 2.38. The molecule has 0 spiro atoms. The van der Waals surface area contributed by atoms with Gasteiger partial charge in [0.15, 0.2) is 11.5 Å². The van der Waals surface area contributed by atoms with Crippen LogP contribution in [-0.4, -0.2) is 19.8 Å². The van der Waals surface area contributed by atoms with E-state index >= 15 is 0 Å². The second-order valence-electron chi connectivity index (χ2n) is 5.31. The van der Waals surface area contributed by atoms with Crippen LogP contribution in [0, 0.1) is 0 Å². The van der Waals surface area contributed by atoms with E-state index in [0.717, 1.165) is 41.4 Å². The van der Waals surface area contributed by atoms with Gasteiger partial charge in [-0.05, 0) is 23.3 Å². The number of nitrogens with two attached hydrogens (primary N) is 1. The first-order chi connectivity index (χ1) is 10.3. The summed E-state index contributed by atoms with van der Waals surface area (Å²) in [7, 11) is 0. The Morgan fingerprint density at radius 3 is 2.67 bits per heavy atom. The minimum absolute atomic E-state index is 0.228. The van der Waals surface area contributed by atoms with E-state index in [-0.39, 0.29) is 6.04 Å². The number of rotatable bonds is 2. The van der Waals surface area contributed by atoms with E-state index in [2.05, 4.69) is 6.07 Å². The molecule has 4 heteroatoms. The first-order valence-electron chi connectivity index (χ1n) is 7.22. The molecule has 2 aromatic rings. The Hall–Kier alpha value is -2.20. The first kappa shape index (κ1) is 12.5. The Kier molecular flexibility index (Phi) is 2.97. The quantitative estimate of drug-likeness (QED) is 0.919. The van der Waals surface area contributed by atoms with Gasteiger partial charge in [0.05, 0.1) is 12.6 Å². The van der Waals surface area contributed by atoms with Gasteiger partial charge in [0, 0.05) is 12.0 Å². The lowest BCUT2D eigenvalue weighted by molar-refractivity contribution is 0.171. The Morgan fingerprint density at radius 1 is 0.905 bits per heavy atom. The summed E-state index contributed by atoms with van der Waals surface area (Å²) in [4.78, 5) is 0. The van der Waals surface area contributed by atoms with Crippen LogP contribution in [0.5, 0.6) is 17.2 Å². The van der Waals surface area contributed by atoms with Crippen molar-refractivity contribution in [1.82, 2.24) is 0 Å². The van der Waals surface area contributed by atoms with Crippen LogP contribution >= 0.6 is 0 Å². The largest absolute Gasteiger partial charge is 0.493 e. The monoisotopic (exact) mass is 283 g/mol. The Bertz CT molecular complexity index is 684. The van der Waals surface area contributed by atoms with E-state index in [9.17, 15) is 0 Å². The maximum atomic E-state index is 6.45. The van der Waals surface area contributed by atoms with Crippen LogP contribution in [0.3, 0.4) is 0 Å². The molecule has 21 heavy (non-hydrogen) atoms. The molecular formula is C17H17NO3. The van der Waals surface area contributed by atoms with Gasteiger partial charge in [-0.2, -0.15) is 0 Å². The van der Waals surface area contributed by atoms with Gasteiger partial charge in [-0.15, -0.1) is 0 Å². The molecule has 0 saturated carbocycles. The molecule has 4 rings (SSSR count). The lowest BCUT2D eigenvalue weighted by Gasteiger charge is -2.21. The summed E-state index contributed by atoms with van der Waals surface area (Å²) in [6, 6.07) is 11.8. The zero-order valence-electron chi connectivity index (χ0n) is 11.7. The average molecular weight is 283 g/mol. The van der Waals surface area contributed by atoms with Crippen LogP contribution in [0.15, 0.2) is 36.4 Å². The minimum atomic E-state index is -0.228. The molecule has 0 radical (unpaired) electrons. The number of fused-ring (bicyclic) bond motifs is 2. The second kappa shape index (κ2) is 4.97. The molecule has 0 saturated heterocycles. The van der Waals surface area contributed by atoms with Gasteiger partial charge < -0.3 is 19.9 Å². The topological polar surface area (TPSA) is 53.7 Å². The summed E-state index contributed by atoms with van der Waals surface area (Å²) in [6.07, 6.45) is 0.955. The highest BCUT2D eigenvalue weighted by molar-refractivity contribution is 5.51. The zero-order valence-corrected chi connectivity index (χ0v) is 11.7. The Balaban J connectivity index is 1.72. The summed E-state index contributed by atoms with van der Waals surface area (Å²) < 4.78 is 16.9. The van der Waals surface area contributed by atoms with Gasteiger partial charge in [0.25, 0.3) is 0 Å². The van der Waals surface area contributed by atoms with Gasteiger partial charge in [0.2, 0.25) is 0 Å². The Morgan fingerprint density at radius 2 is 1.76 bits per heavy atom. The van der Waals surface area contributed by atoms with Crippen molar-refractivity contribution in [3.63, 3.8) is 0 Å². The lowest BCUT2D eigenvalue weighted by atomic mass is 9.96. The summed E-state index contributed by atoms with van der Waals surface area (Å²) in [6.45, 7) is 1.91. The predicted molar refractivity (Wildman–Crippen MR) is 79.1 cm³/mol. The maximum absolute atomic E-state index is 6.45. The van der Waals surface area contributed by atoms with E-state index in [1.165, 1.54) is 5.56 Å². The van der Waals surface area contributed by atoms with Crippen molar-refractivity contribution in [3.05, 3.63) is 53.1 Å². The maximum Gasteiger partial charge on any atom is 0.161 e. The molecule has 0 bridgehead atoms. The van der Waals surface area contributed by atoms with Gasteiger partial charge in [-0.1, -0.05) is 24.3 Å². The van der Waals surface area contributed by atoms with Gasteiger partial charge in [-0.25, -0.2) is 0 Å². The number of hydrogen-bond acceptors (Lipinski definition) is 4. The first-order valence-corrected chi connectivity index (χ1v) is 7.22. The van der Waals surface area contributed by atoms with Crippen molar-refractivity contribution < 1.29 is 14.2 Å². The van der Waals surface area contributed by atoms with E-state index in [1.807, 2.05) is 30.3 Å². The van der Waals surface area contributed by atoms with Crippen molar-refractivity contribution in [3.8, 4) is 17.2 Å². The molecule has 0 aliphatic carbocycles. The summed E-state index contributed by atoms with van der Waals surface area (Å²) >= 11 is 0. The zero-order chi connectivity index (χ0) is 14.2. The fourth-order valence-electron chi connectivity index (χ4n) is 2.92. The molecule has 1 atom stereocenters. The average Bonchev–Trinajstić information content (AvgIpc) is 3.02. The minimum Gasteiger partial charge on any atom is -0.493 e. The fourth-order valence-corrected chi connectivity index (χ4v) is 2.92. The van der Waals surface area contributed by atoms with Crippen LogP contribution < -0.4 is 19.9 Å². The molecule has 2 heterocycles. The molecule has 0 aromatic heterocycles. The van der Waals surface area contributed by atoms with Gasteiger partial charge in [-0.3, -0.25) is 0 Å². The number of ether oxygens (including phenoxy) is 3. The van der Waals surface area contributed by atoms with E-state index in [0.29, 0.717) is 13.2 Å². The highest BCUT2D eigenvalue weighted by Gasteiger charge is 2.22. The van der Waals surface area contributed by atoms with Gasteiger partial charge >= 0.3 is 0 Å². The fraction of sp³-hybridized carbons (Fsp3) is 0.294. The van der Waals surface area contributed by atoms with Crippen molar-refractivity contribution in [2.24, 2.45) is 5.73 Å². The second-order valence-corrected chi connectivity index (χ2v) is 5.31. The summed E-state index contributed by atoms with van der Waals surface area (Å²) in [5.41, 5.74) is 9.71. The molecular weight excluding hydrogens is 266 g/mol. The van der Waals surface area contributed by atoms with Crippen molar-refractivity contribution in [2.75, 3.05) is 19.8 Å². The molecule has 4 nitrogen and oxygen atoms in total. The molecule has 2 aliphatic rings. The number of benzene rings is 2. The molecule has 0 fully saturated rings. The SMILES string of the molecule is NC(c1ccc2c(c1)OCCO2)c1cccc2c1OCC2. The smallest absolute Gasteiger partial charge is 0.161 e. The van der Waals surface area contributed by atoms with Gasteiger partial charge in [0.1, 0.15) is 19.0 Å². The standard InChI is InChI=1S/C17H17NO3/c18-16(13-3-1-2-11-6-7-21-17(11)13)12-4-5-14-15(10-12)20-9-8-19-14/h1-5,10,16H,6-9,18H2. The summed E-state index contributed by atoms with van der Waals surface area (Å²) in [5, 5.41) is 0. The third-order valence-electron chi connectivity index (χ3n) is 4.01. The Labute approximate surface area is 123 Å². The third-order valence-corrected chi connectivity index (χ3v) is 4.01. The third kappa shape index (κ3) is 2.12. The van der Waals surface area contributed by atoms with E-state index < -0.39 is 0 Å². The number of para-hydroxylation sites is 1. The van der Waals surface area contributed by atoms with E-state index in [4.69, 9.17) is 19.9 Å². The molecule has 2 aliphatic heterocycles. The summed E-state index contributed by atoms with van der Waals surface area (Å²) in [5.74, 6) is 2.49.